The number of cyclic esters (lactones) is 1. The summed E-state index contributed by atoms with van der Waals surface area (Å²) in [6.45, 7) is 1.66. The minimum atomic E-state index is -0.466. The molecular weight excluding hydrogens is 346 g/mol. The van der Waals surface area contributed by atoms with Gasteiger partial charge in [0, 0.05) is 6.92 Å². The van der Waals surface area contributed by atoms with E-state index in [1.807, 2.05) is 30.3 Å². The molecule has 0 aliphatic carbocycles. The average Bonchev–Trinajstić information content (AvgIpc) is 2.92. The quantitative estimate of drug-likeness (QED) is 0.822. The zero-order chi connectivity index (χ0) is 19.4. The maximum atomic E-state index is 12.1. The molecule has 1 heterocycles. The van der Waals surface area contributed by atoms with Crippen LogP contribution in [0.3, 0.4) is 0 Å². The Morgan fingerprint density at radius 3 is 2.22 bits per heavy atom. The van der Waals surface area contributed by atoms with E-state index in [1.165, 1.54) is 20.1 Å². The van der Waals surface area contributed by atoms with Crippen LogP contribution in [-0.4, -0.2) is 31.6 Å². The number of benzene rings is 1. The number of hydrogen-bond acceptors (Lipinski definition) is 5. The Morgan fingerprint density at radius 2 is 1.59 bits per heavy atom. The Labute approximate surface area is 156 Å². The van der Waals surface area contributed by atoms with Crippen LogP contribution in [0.4, 0.5) is 0 Å². The predicted octanol–water partition coefficient (Wildman–Crippen LogP) is 2.17. The number of rotatable bonds is 5. The van der Waals surface area contributed by atoms with E-state index in [1.54, 1.807) is 18.2 Å². The van der Waals surface area contributed by atoms with Crippen molar-refractivity contribution in [2.75, 3.05) is 13.7 Å². The maximum absolute atomic E-state index is 12.1. The Hall–Kier alpha value is -3.41. The molecule has 0 radical (unpaired) electrons. The second kappa shape index (κ2) is 7.86. The monoisotopic (exact) mass is 365 g/mol. The van der Waals surface area contributed by atoms with E-state index in [0.717, 1.165) is 16.7 Å². The van der Waals surface area contributed by atoms with Gasteiger partial charge in [0.2, 0.25) is 11.3 Å². The van der Waals surface area contributed by atoms with Crippen LogP contribution in [0, 0.1) is 0 Å². The molecule has 2 aromatic carbocycles. The molecular formula is C21H19NO5. The van der Waals surface area contributed by atoms with Crippen molar-refractivity contribution in [2.45, 2.75) is 13.0 Å². The van der Waals surface area contributed by atoms with Crippen LogP contribution < -0.4 is 15.5 Å². The molecule has 0 aromatic heterocycles. The number of esters is 1. The van der Waals surface area contributed by atoms with Crippen molar-refractivity contribution in [3.8, 4) is 16.9 Å². The zero-order valence-corrected chi connectivity index (χ0v) is 15.0. The first-order valence-electron chi connectivity index (χ1n) is 8.44. The third-order valence-corrected chi connectivity index (χ3v) is 4.20. The summed E-state index contributed by atoms with van der Waals surface area (Å²) in [5.74, 6) is -0.307. The average molecular weight is 365 g/mol. The summed E-state index contributed by atoms with van der Waals surface area (Å²) in [5.41, 5.74) is 2.77. The number of carbonyl (C=O) groups is 2. The lowest BCUT2D eigenvalue weighted by Gasteiger charge is -2.07. The molecule has 1 N–H and O–H groups in total. The van der Waals surface area contributed by atoms with Crippen LogP contribution in [0.1, 0.15) is 12.5 Å². The van der Waals surface area contributed by atoms with E-state index < -0.39 is 12.1 Å². The standard InChI is InChI=1S/C21H19NO5/c1-13(23)22-12-17-11-18(21(25)27-17)16-5-3-14(4-6-16)15-7-9-19(24)20(26-2)10-8-15/h3-11,17H,12H2,1-2H3,(H,22,23). The lowest BCUT2D eigenvalue weighted by Crippen LogP contribution is -2.29. The molecule has 1 aliphatic heterocycles. The minimum absolute atomic E-state index is 0.175. The first-order valence-corrected chi connectivity index (χ1v) is 8.44. The van der Waals surface area contributed by atoms with Gasteiger partial charge in [-0.25, -0.2) is 4.79 Å². The van der Waals surface area contributed by atoms with Gasteiger partial charge in [-0.05, 0) is 34.9 Å². The number of methoxy groups -OCH3 is 1. The summed E-state index contributed by atoms with van der Waals surface area (Å²) in [5, 5.41) is 2.63. The second-order valence-electron chi connectivity index (χ2n) is 6.09. The lowest BCUT2D eigenvalue weighted by molar-refractivity contribution is -0.138. The molecule has 0 saturated carbocycles. The SMILES string of the molecule is COc1ccc(-c2ccc(C3=CC(CNC(C)=O)OC3=O)cc2)ccc1=O. The first kappa shape index (κ1) is 18.4. The molecule has 0 saturated heterocycles. The van der Waals surface area contributed by atoms with Crippen molar-refractivity contribution in [1.29, 1.82) is 0 Å². The Balaban J connectivity index is 1.82. The number of ether oxygens (including phenoxy) is 2. The highest BCUT2D eigenvalue weighted by molar-refractivity contribution is 6.18. The third-order valence-electron chi connectivity index (χ3n) is 4.20. The van der Waals surface area contributed by atoms with Gasteiger partial charge in [0.15, 0.2) is 5.75 Å². The van der Waals surface area contributed by atoms with Gasteiger partial charge < -0.3 is 14.8 Å². The van der Waals surface area contributed by atoms with Gasteiger partial charge in [-0.2, -0.15) is 0 Å². The van der Waals surface area contributed by atoms with Gasteiger partial charge in [-0.3, -0.25) is 9.59 Å². The number of amides is 1. The van der Waals surface area contributed by atoms with Gasteiger partial charge in [0.05, 0.1) is 19.2 Å². The Bertz CT molecular complexity index is 963. The highest BCUT2D eigenvalue weighted by atomic mass is 16.5. The van der Waals surface area contributed by atoms with Crippen molar-refractivity contribution in [3.63, 3.8) is 0 Å². The van der Waals surface area contributed by atoms with Gasteiger partial charge >= 0.3 is 5.97 Å². The summed E-state index contributed by atoms with van der Waals surface area (Å²) in [6, 6.07) is 14.0. The lowest BCUT2D eigenvalue weighted by atomic mass is 10.0. The summed E-state index contributed by atoms with van der Waals surface area (Å²) < 4.78 is 10.3. The molecule has 0 fully saturated rings. The van der Waals surface area contributed by atoms with Gasteiger partial charge in [0.1, 0.15) is 6.10 Å². The van der Waals surface area contributed by atoms with E-state index in [2.05, 4.69) is 5.32 Å². The molecule has 138 valence electrons. The number of hydrogen-bond donors (Lipinski definition) is 1. The predicted molar refractivity (Wildman–Crippen MR) is 101 cm³/mol. The summed E-state index contributed by atoms with van der Waals surface area (Å²) in [7, 11) is 1.46. The van der Waals surface area contributed by atoms with Crippen molar-refractivity contribution < 1.29 is 19.1 Å². The molecule has 2 aromatic rings. The van der Waals surface area contributed by atoms with Crippen molar-refractivity contribution in [1.82, 2.24) is 5.32 Å². The largest absolute Gasteiger partial charge is 0.493 e. The number of nitrogens with one attached hydrogen (secondary N) is 1. The van der Waals surface area contributed by atoms with Crippen LogP contribution in [0.15, 0.2) is 59.4 Å². The Kier molecular flexibility index (Phi) is 5.35. The van der Waals surface area contributed by atoms with Gasteiger partial charge in [-0.15, -0.1) is 0 Å². The first-order chi connectivity index (χ1) is 13.0. The van der Waals surface area contributed by atoms with E-state index >= 15 is 0 Å². The van der Waals surface area contributed by atoms with E-state index in [9.17, 15) is 14.4 Å². The van der Waals surface area contributed by atoms with Gasteiger partial charge in [-0.1, -0.05) is 36.4 Å². The highest BCUT2D eigenvalue weighted by Gasteiger charge is 2.26. The normalized spacial score (nSPS) is 15.7. The van der Waals surface area contributed by atoms with E-state index in [4.69, 9.17) is 9.47 Å². The second-order valence-corrected chi connectivity index (χ2v) is 6.09. The van der Waals surface area contributed by atoms with E-state index in [0.29, 0.717) is 5.57 Å². The van der Waals surface area contributed by atoms with Crippen molar-refractivity contribution in [2.24, 2.45) is 0 Å². The highest BCUT2D eigenvalue weighted by Crippen LogP contribution is 2.27. The number of carbonyl (C=O) groups excluding carboxylic acids is 2. The smallest absolute Gasteiger partial charge is 0.339 e. The zero-order valence-electron chi connectivity index (χ0n) is 15.0. The van der Waals surface area contributed by atoms with Crippen LogP contribution in [-0.2, 0) is 14.3 Å². The summed E-state index contributed by atoms with van der Waals surface area (Å²) in [6.07, 6.45) is 1.25. The summed E-state index contributed by atoms with van der Waals surface area (Å²) >= 11 is 0. The Morgan fingerprint density at radius 1 is 1.00 bits per heavy atom. The maximum Gasteiger partial charge on any atom is 0.339 e. The molecule has 6 heteroatoms. The summed E-state index contributed by atoms with van der Waals surface area (Å²) in [4.78, 5) is 34.9. The van der Waals surface area contributed by atoms with E-state index in [-0.39, 0.29) is 23.6 Å². The van der Waals surface area contributed by atoms with Gasteiger partial charge in [0.25, 0.3) is 0 Å². The van der Waals surface area contributed by atoms with Crippen LogP contribution in [0.25, 0.3) is 16.7 Å². The fraction of sp³-hybridized carbons (Fsp3) is 0.190. The molecule has 27 heavy (non-hydrogen) atoms. The fourth-order valence-corrected chi connectivity index (χ4v) is 2.80. The molecule has 0 spiro atoms. The van der Waals surface area contributed by atoms with Crippen LogP contribution >= 0.6 is 0 Å². The van der Waals surface area contributed by atoms with Crippen molar-refractivity contribution in [3.05, 3.63) is 70.4 Å². The fourth-order valence-electron chi connectivity index (χ4n) is 2.80. The van der Waals surface area contributed by atoms with Crippen molar-refractivity contribution >= 4 is 17.4 Å². The molecule has 1 aliphatic rings. The molecule has 6 nitrogen and oxygen atoms in total. The minimum Gasteiger partial charge on any atom is -0.493 e. The molecule has 1 unspecified atom stereocenters. The molecule has 0 bridgehead atoms. The molecule has 1 amide bonds. The van der Waals surface area contributed by atoms with Crippen LogP contribution in [0.5, 0.6) is 5.75 Å². The van der Waals surface area contributed by atoms with Crippen LogP contribution in [0.2, 0.25) is 0 Å². The molecule has 3 rings (SSSR count). The molecule has 1 atom stereocenters. The topological polar surface area (TPSA) is 81.7 Å². The third kappa shape index (κ3) is 4.23.